The minimum absolute atomic E-state index is 0.0192. The lowest BCUT2D eigenvalue weighted by Gasteiger charge is -2.13. The average Bonchev–Trinajstić information content (AvgIpc) is 3.10. The van der Waals surface area contributed by atoms with Crippen molar-refractivity contribution in [2.24, 2.45) is 0 Å². The SMILES string of the molecule is Fc1ccccc1Nc1nc2nonc2nc1Nc1cccc(C(F)(F)F)c1. The van der Waals surface area contributed by atoms with Crippen LogP contribution in [0.3, 0.4) is 0 Å². The van der Waals surface area contributed by atoms with E-state index in [0.717, 1.165) is 12.1 Å². The number of rotatable bonds is 4. The molecule has 2 aromatic carbocycles. The number of halogens is 4. The van der Waals surface area contributed by atoms with Crippen molar-refractivity contribution in [3.63, 3.8) is 0 Å². The van der Waals surface area contributed by atoms with Gasteiger partial charge in [0.05, 0.1) is 11.3 Å². The lowest BCUT2D eigenvalue weighted by Crippen LogP contribution is -2.07. The second kappa shape index (κ2) is 6.76. The molecule has 0 unspecified atom stereocenters. The molecule has 7 nitrogen and oxygen atoms in total. The van der Waals surface area contributed by atoms with E-state index in [1.165, 1.54) is 30.3 Å². The summed E-state index contributed by atoms with van der Waals surface area (Å²) in [6, 6.07) is 10.4. The molecule has 4 rings (SSSR count). The van der Waals surface area contributed by atoms with E-state index in [1.807, 2.05) is 0 Å². The van der Waals surface area contributed by atoms with Crippen molar-refractivity contribution in [2.45, 2.75) is 6.18 Å². The number of aromatic nitrogens is 4. The normalized spacial score (nSPS) is 11.6. The first-order valence-electron chi connectivity index (χ1n) is 7.86. The van der Waals surface area contributed by atoms with Crippen LogP contribution in [0.15, 0.2) is 53.2 Å². The molecule has 0 saturated heterocycles. The van der Waals surface area contributed by atoms with E-state index in [9.17, 15) is 17.6 Å². The second-order valence-electron chi connectivity index (χ2n) is 5.64. The van der Waals surface area contributed by atoms with Gasteiger partial charge in [-0.1, -0.05) is 18.2 Å². The Labute approximate surface area is 154 Å². The van der Waals surface area contributed by atoms with Crippen molar-refractivity contribution in [3.8, 4) is 0 Å². The summed E-state index contributed by atoms with van der Waals surface area (Å²) >= 11 is 0. The first kappa shape index (κ1) is 17.6. The quantitative estimate of drug-likeness (QED) is 0.490. The largest absolute Gasteiger partial charge is 0.416 e. The van der Waals surface area contributed by atoms with Crippen LogP contribution in [0.25, 0.3) is 11.3 Å². The molecule has 0 aliphatic carbocycles. The average molecular weight is 390 g/mol. The van der Waals surface area contributed by atoms with Crippen LogP contribution >= 0.6 is 0 Å². The Morgan fingerprint density at radius 2 is 1.50 bits per heavy atom. The van der Waals surface area contributed by atoms with Crippen molar-refractivity contribution in [3.05, 3.63) is 59.9 Å². The maximum atomic E-state index is 14.0. The van der Waals surface area contributed by atoms with E-state index in [4.69, 9.17) is 0 Å². The number of hydrogen-bond donors (Lipinski definition) is 2. The number of benzene rings is 2. The lowest BCUT2D eigenvalue weighted by atomic mass is 10.2. The zero-order valence-corrected chi connectivity index (χ0v) is 13.8. The molecule has 0 amide bonds. The Kier molecular flexibility index (Phi) is 4.26. The zero-order valence-electron chi connectivity index (χ0n) is 13.8. The minimum Gasteiger partial charge on any atom is -0.337 e. The van der Waals surface area contributed by atoms with Crippen LogP contribution in [0, 0.1) is 5.82 Å². The first-order valence-corrected chi connectivity index (χ1v) is 7.86. The van der Waals surface area contributed by atoms with Gasteiger partial charge in [0.25, 0.3) is 0 Å². The van der Waals surface area contributed by atoms with Gasteiger partial charge in [0.1, 0.15) is 5.82 Å². The van der Waals surface area contributed by atoms with E-state index in [1.54, 1.807) is 6.07 Å². The molecule has 142 valence electrons. The molecule has 2 N–H and O–H groups in total. The van der Waals surface area contributed by atoms with Crippen molar-refractivity contribution < 1.29 is 22.2 Å². The fourth-order valence-corrected chi connectivity index (χ4v) is 2.41. The predicted molar refractivity (Wildman–Crippen MR) is 91.8 cm³/mol. The molecule has 0 aliphatic rings. The summed E-state index contributed by atoms with van der Waals surface area (Å²) in [6.07, 6.45) is -4.50. The number of para-hydroxylation sites is 1. The summed E-state index contributed by atoms with van der Waals surface area (Å²) < 4.78 is 57.4. The molecular formula is C17H10F4N6O. The number of anilines is 4. The summed E-state index contributed by atoms with van der Waals surface area (Å²) in [5.74, 6) is -0.496. The Morgan fingerprint density at radius 3 is 2.18 bits per heavy atom. The molecule has 28 heavy (non-hydrogen) atoms. The third-order valence-electron chi connectivity index (χ3n) is 3.69. The molecule has 0 spiro atoms. The number of nitrogens with zero attached hydrogens (tertiary/aromatic N) is 4. The van der Waals surface area contributed by atoms with Crippen molar-refractivity contribution in [1.82, 2.24) is 20.3 Å². The number of hydrogen-bond acceptors (Lipinski definition) is 7. The smallest absolute Gasteiger partial charge is 0.337 e. The van der Waals surface area contributed by atoms with Gasteiger partial charge in [-0.15, -0.1) is 0 Å². The van der Waals surface area contributed by atoms with Gasteiger partial charge in [-0.05, 0) is 40.6 Å². The van der Waals surface area contributed by atoms with Gasteiger partial charge < -0.3 is 10.6 Å². The first-order chi connectivity index (χ1) is 13.4. The summed E-state index contributed by atoms with van der Waals surface area (Å²) in [6.45, 7) is 0. The summed E-state index contributed by atoms with van der Waals surface area (Å²) in [5.41, 5.74) is -0.545. The highest BCUT2D eigenvalue weighted by atomic mass is 19.4. The predicted octanol–water partition coefficient (Wildman–Crippen LogP) is 4.66. The summed E-state index contributed by atoms with van der Waals surface area (Å²) in [5, 5.41) is 12.6. The van der Waals surface area contributed by atoms with Crippen molar-refractivity contribution in [2.75, 3.05) is 10.6 Å². The maximum Gasteiger partial charge on any atom is 0.416 e. The fraction of sp³-hybridized carbons (Fsp3) is 0.0588. The Hall–Kier alpha value is -3.76. The standard InChI is InChI=1S/C17H10F4N6O/c18-11-6-1-2-7-12(11)23-14-13(24-15-16(25-14)27-28-26-15)22-10-5-3-4-9(8-10)17(19,20)21/h1-8H,(H,22,24,26)(H,23,25,27). The number of alkyl halides is 3. The molecule has 2 aromatic heterocycles. The van der Waals surface area contributed by atoms with Gasteiger partial charge in [0.15, 0.2) is 11.6 Å². The molecule has 0 aliphatic heterocycles. The van der Waals surface area contributed by atoms with E-state index in [2.05, 4.69) is 35.5 Å². The monoisotopic (exact) mass is 390 g/mol. The third kappa shape index (κ3) is 3.54. The van der Waals surface area contributed by atoms with Crippen LogP contribution in [-0.4, -0.2) is 20.3 Å². The van der Waals surface area contributed by atoms with E-state index < -0.39 is 17.6 Å². The minimum atomic E-state index is -4.50. The molecule has 0 radical (unpaired) electrons. The molecular weight excluding hydrogens is 380 g/mol. The summed E-state index contributed by atoms with van der Waals surface area (Å²) in [4.78, 5) is 8.29. The Balaban J connectivity index is 1.74. The van der Waals surface area contributed by atoms with Crippen LogP contribution in [0.4, 0.5) is 40.6 Å². The van der Waals surface area contributed by atoms with Gasteiger partial charge in [-0.2, -0.15) is 13.2 Å². The molecule has 0 atom stereocenters. The topological polar surface area (TPSA) is 88.8 Å². The molecule has 4 aromatic rings. The lowest BCUT2D eigenvalue weighted by molar-refractivity contribution is -0.137. The van der Waals surface area contributed by atoms with Crippen molar-refractivity contribution in [1.29, 1.82) is 0 Å². The van der Waals surface area contributed by atoms with Gasteiger partial charge in [-0.3, -0.25) is 0 Å². The molecule has 0 fully saturated rings. The van der Waals surface area contributed by atoms with Gasteiger partial charge in [0, 0.05) is 5.69 Å². The van der Waals surface area contributed by atoms with Crippen LogP contribution in [0.1, 0.15) is 5.56 Å². The van der Waals surface area contributed by atoms with E-state index in [-0.39, 0.29) is 34.3 Å². The van der Waals surface area contributed by atoms with Gasteiger partial charge >= 0.3 is 6.18 Å². The highest BCUT2D eigenvalue weighted by molar-refractivity contribution is 5.79. The van der Waals surface area contributed by atoms with E-state index >= 15 is 0 Å². The highest BCUT2D eigenvalue weighted by Crippen LogP contribution is 2.33. The van der Waals surface area contributed by atoms with Crippen LogP contribution in [-0.2, 0) is 6.18 Å². The second-order valence-corrected chi connectivity index (χ2v) is 5.64. The van der Waals surface area contributed by atoms with Gasteiger partial charge in [0.2, 0.25) is 11.3 Å². The maximum absolute atomic E-state index is 14.0. The van der Waals surface area contributed by atoms with E-state index in [0.29, 0.717) is 0 Å². The molecule has 11 heteroatoms. The third-order valence-corrected chi connectivity index (χ3v) is 3.69. The highest BCUT2D eigenvalue weighted by Gasteiger charge is 2.30. The molecule has 0 bridgehead atoms. The number of fused-ring (bicyclic) bond motifs is 1. The Bertz CT molecular complexity index is 1140. The molecule has 0 saturated carbocycles. The molecule has 2 heterocycles. The van der Waals surface area contributed by atoms with Crippen LogP contribution < -0.4 is 10.6 Å². The van der Waals surface area contributed by atoms with Crippen LogP contribution in [0.5, 0.6) is 0 Å². The number of nitrogens with one attached hydrogen (secondary N) is 2. The van der Waals surface area contributed by atoms with Gasteiger partial charge in [-0.25, -0.2) is 19.0 Å². The summed E-state index contributed by atoms with van der Waals surface area (Å²) in [7, 11) is 0. The fourth-order valence-electron chi connectivity index (χ4n) is 2.41. The van der Waals surface area contributed by atoms with Crippen LogP contribution in [0.2, 0.25) is 0 Å². The Morgan fingerprint density at radius 1 is 0.821 bits per heavy atom. The van der Waals surface area contributed by atoms with Crippen molar-refractivity contribution >= 4 is 34.3 Å². The zero-order chi connectivity index (χ0) is 19.7.